The van der Waals surface area contributed by atoms with Gasteiger partial charge in [-0.25, -0.2) is 9.07 Å². The molecule has 0 aliphatic rings. The van der Waals surface area contributed by atoms with E-state index < -0.39 is 0 Å². The minimum atomic E-state index is -0.223. The number of anilines is 2. The van der Waals surface area contributed by atoms with Crippen LogP contribution in [0.25, 0.3) is 0 Å². The first-order valence-electron chi connectivity index (χ1n) is 6.70. The average molecular weight is 276 g/mol. The zero-order valence-electron chi connectivity index (χ0n) is 12.4. The van der Waals surface area contributed by atoms with Gasteiger partial charge in [-0.05, 0) is 38.5 Å². The molecule has 2 N–H and O–H groups in total. The van der Waals surface area contributed by atoms with Crippen molar-refractivity contribution < 1.29 is 4.39 Å². The van der Waals surface area contributed by atoms with Gasteiger partial charge in [-0.2, -0.15) is 5.10 Å². The Morgan fingerprint density at radius 2 is 1.90 bits per heavy atom. The zero-order valence-corrected chi connectivity index (χ0v) is 12.4. The summed E-state index contributed by atoms with van der Waals surface area (Å²) in [5, 5.41) is 4.48. The van der Waals surface area contributed by atoms with Crippen LogP contribution < -0.4 is 10.6 Å². The second-order valence-electron chi connectivity index (χ2n) is 5.34. The monoisotopic (exact) mass is 276 g/mol. The third-order valence-corrected chi connectivity index (χ3v) is 3.29. The van der Waals surface area contributed by atoms with E-state index in [4.69, 9.17) is 5.73 Å². The van der Waals surface area contributed by atoms with E-state index >= 15 is 0 Å². The van der Waals surface area contributed by atoms with Gasteiger partial charge in [0.1, 0.15) is 5.82 Å². The molecule has 2 aromatic rings. The van der Waals surface area contributed by atoms with Crippen molar-refractivity contribution in [2.24, 2.45) is 0 Å². The fourth-order valence-electron chi connectivity index (χ4n) is 2.23. The lowest BCUT2D eigenvalue weighted by atomic mass is 10.2. The molecule has 1 aromatic carbocycles. The zero-order chi connectivity index (χ0) is 14.9. The molecule has 0 unspecified atom stereocenters. The van der Waals surface area contributed by atoms with E-state index in [9.17, 15) is 4.39 Å². The number of aromatic nitrogens is 2. The Morgan fingerprint density at radius 1 is 1.30 bits per heavy atom. The van der Waals surface area contributed by atoms with Gasteiger partial charge >= 0.3 is 0 Å². The van der Waals surface area contributed by atoms with Gasteiger partial charge in [-0.3, -0.25) is 0 Å². The van der Waals surface area contributed by atoms with Crippen LogP contribution in [0.1, 0.15) is 31.1 Å². The number of nitrogens with two attached hydrogens (primary N) is 1. The van der Waals surface area contributed by atoms with Gasteiger partial charge in [0, 0.05) is 19.6 Å². The molecular formula is C15H21FN4. The summed E-state index contributed by atoms with van der Waals surface area (Å²) in [4.78, 5) is 2.04. The summed E-state index contributed by atoms with van der Waals surface area (Å²) < 4.78 is 14.9. The Hall–Kier alpha value is -2.04. The summed E-state index contributed by atoms with van der Waals surface area (Å²) in [6.45, 7) is 6.70. The largest absolute Gasteiger partial charge is 0.394 e. The second-order valence-corrected chi connectivity index (χ2v) is 5.34. The van der Waals surface area contributed by atoms with E-state index in [0.717, 1.165) is 17.1 Å². The Labute approximate surface area is 119 Å². The minimum absolute atomic E-state index is 0.223. The van der Waals surface area contributed by atoms with Crippen LogP contribution in [0.4, 0.5) is 15.9 Å². The molecule has 4 nitrogen and oxygen atoms in total. The minimum Gasteiger partial charge on any atom is -0.394 e. The molecule has 0 radical (unpaired) electrons. The van der Waals surface area contributed by atoms with Gasteiger partial charge < -0.3 is 10.6 Å². The van der Waals surface area contributed by atoms with Gasteiger partial charge in [0.25, 0.3) is 0 Å². The van der Waals surface area contributed by atoms with Crippen LogP contribution in [0.3, 0.4) is 0 Å². The number of halogens is 1. The van der Waals surface area contributed by atoms with Crippen molar-refractivity contribution in [2.75, 3.05) is 17.7 Å². The first kappa shape index (κ1) is 14.4. The highest BCUT2D eigenvalue weighted by molar-refractivity contribution is 5.66. The fourth-order valence-corrected chi connectivity index (χ4v) is 2.23. The third kappa shape index (κ3) is 2.76. The summed E-state index contributed by atoms with van der Waals surface area (Å²) >= 11 is 0. The molecule has 1 aromatic heterocycles. The predicted octanol–water partition coefficient (Wildman–Crippen LogP) is 3.13. The Bertz CT molecular complexity index is 587. The van der Waals surface area contributed by atoms with E-state index in [2.05, 4.69) is 18.9 Å². The number of rotatable bonds is 4. The maximum Gasteiger partial charge on any atom is 0.150 e. The van der Waals surface area contributed by atoms with E-state index in [0.29, 0.717) is 12.2 Å². The molecule has 108 valence electrons. The van der Waals surface area contributed by atoms with Crippen molar-refractivity contribution in [3.8, 4) is 0 Å². The molecule has 0 atom stereocenters. The summed E-state index contributed by atoms with van der Waals surface area (Å²) in [7, 11) is 1.97. The highest BCUT2D eigenvalue weighted by Gasteiger charge is 2.18. The quantitative estimate of drug-likeness (QED) is 0.933. The first-order valence-corrected chi connectivity index (χ1v) is 6.70. The van der Waals surface area contributed by atoms with Crippen molar-refractivity contribution in [1.82, 2.24) is 9.78 Å². The topological polar surface area (TPSA) is 47.1 Å². The normalized spacial score (nSPS) is 11.1. The molecule has 0 aliphatic heterocycles. The summed E-state index contributed by atoms with van der Waals surface area (Å²) in [6, 6.07) is 6.74. The van der Waals surface area contributed by atoms with Crippen LogP contribution in [0.2, 0.25) is 0 Å². The molecule has 0 bridgehead atoms. The van der Waals surface area contributed by atoms with Crippen molar-refractivity contribution >= 4 is 11.5 Å². The van der Waals surface area contributed by atoms with Crippen LogP contribution >= 0.6 is 0 Å². The van der Waals surface area contributed by atoms with E-state index in [-0.39, 0.29) is 11.9 Å². The molecular weight excluding hydrogens is 255 g/mol. The van der Waals surface area contributed by atoms with Crippen molar-refractivity contribution in [2.45, 2.75) is 33.4 Å². The smallest absolute Gasteiger partial charge is 0.150 e. The lowest BCUT2D eigenvalue weighted by Gasteiger charge is -2.23. The van der Waals surface area contributed by atoms with Crippen molar-refractivity contribution in [3.63, 3.8) is 0 Å². The number of nitrogen functional groups attached to an aromatic ring is 1. The Balaban J connectivity index is 2.29. The van der Waals surface area contributed by atoms with Crippen molar-refractivity contribution in [3.05, 3.63) is 41.3 Å². The maximum absolute atomic E-state index is 12.9. The van der Waals surface area contributed by atoms with Crippen molar-refractivity contribution in [1.29, 1.82) is 0 Å². The number of hydrogen-bond acceptors (Lipinski definition) is 3. The summed E-state index contributed by atoms with van der Waals surface area (Å²) in [5.74, 6) is 0.681. The molecule has 2 rings (SSSR count). The molecule has 0 fully saturated rings. The highest BCUT2D eigenvalue weighted by Crippen LogP contribution is 2.29. The van der Waals surface area contributed by atoms with Crippen LogP contribution in [-0.4, -0.2) is 16.8 Å². The molecule has 0 saturated heterocycles. The van der Waals surface area contributed by atoms with Crippen LogP contribution in [0.15, 0.2) is 24.3 Å². The lowest BCUT2D eigenvalue weighted by molar-refractivity contribution is 0.525. The molecule has 1 heterocycles. The standard InChI is InChI=1S/C15H21FN4/c1-10(2)20-15(14(17)11(3)18-20)19(4)9-12-5-7-13(16)8-6-12/h5-8,10H,9,17H2,1-4H3. The lowest BCUT2D eigenvalue weighted by Crippen LogP contribution is -2.22. The molecule has 0 amide bonds. The molecule has 0 aliphatic carbocycles. The molecule has 20 heavy (non-hydrogen) atoms. The fraction of sp³-hybridized carbons (Fsp3) is 0.400. The Morgan fingerprint density at radius 3 is 2.45 bits per heavy atom. The maximum atomic E-state index is 12.9. The third-order valence-electron chi connectivity index (χ3n) is 3.29. The number of hydrogen-bond donors (Lipinski definition) is 1. The van der Waals surface area contributed by atoms with E-state index in [1.54, 1.807) is 12.1 Å². The first-order chi connectivity index (χ1) is 9.40. The average Bonchev–Trinajstić information content (AvgIpc) is 2.69. The summed E-state index contributed by atoms with van der Waals surface area (Å²) in [6.07, 6.45) is 0. The number of aryl methyl sites for hydroxylation is 1. The highest BCUT2D eigenvalue weighted by atomic mass is 19.1. The molecule has 0 spiro atoms. The predicted molar refractivity (Wildman–Crippen MR) is 80.3 cm³/mol. The Kier molecular flexibility index (Phi) is 3.97. The van der Waals surface area contributed by atoms with Crippen LogP contribution in [-0.2, 0) is 6.54 Å². The summed E-state index contributed by atoms with van der Waals surface area (Å²) in [5.41, 5.74) is 8.70. The number of nitrogens with zero attached hydrogens (tertiary/aromatic N) is 3. The van der Waals surface area contributed by atoms with Gasteiger partial charge in [0.05, 0.1) is 11.4 Å². The van der Waals surface area contributed by atoms with E-state index in [1.165, 1.54) is 12.1 Å². The van der Waals surface area contributed by atoms with Gasteiger partial charge in [0.15, 0.2) is 5.82 Å². The van der Waals surface area contributed by atoms with Gasteiger partial charge in [0.2, 0.25) is 0 Å². The van der Waals surface area contributed by atoms with Gasteiger partial charge in [-0.1, -0.05) is 12.1 Å². The molecule has 5 heteroatoms. The number of benzene rings is 1. The molecule has 0 saturated carbocycles. The van der Waals surface area contributed by atoms with Gasteiger partial charge in [-0.15, -0.1) is 0 Å². The van der Waals surface area contributed by atoms with Crippen LogP contribution in [0, 0.1) is 12.7 Å². The van der Waals surface area contributed by atoms with Crippen LogP contribution in [0.5, 0.6) is 0 Å². The second kappa shape index (κ2) is 5.53. The van der Waals surface area contributed by atoms with E-state index in [1.807, 2.05) is 23.6 Å². The SMILES string of the molecule is Cc1nn(C(C)C)c(N(C)Cc2ccc(F)cc2)c1N.